The molecule has 1 aliphatic heterocycles. The van der Waals surface area contributed by atoms with Crippen molar-refractivity contribution < 1.29 is 4.79 Å². The van der Waals surface area contributed by atoms with E-state index in [2.05, 4.69) is 35.4 Å². The molecule has 26 heavy (non-hydrogen) atoms. The number of hydrogen-bond donors (Lipinski definition) is 2. The van der Waals surface area contributed by atoms with Crippen LogP contribution in [0.3, 0.4) is 0 Å². The summed E-state index contributed by atoms with van der Waals surface area (Å²) in [7, 11) is 1.76. The van der Waals surface area contributed by atoms with Crippen LogP contribution in [-0.4, -0.2) is 72.5 Å². The first-order valence-electron chi connectivity index (χ1n) is 9.53. The molecule has 1 aromatic heterocycles. The number of aliphatic imine (C=N–C) groups is 1. The number of anilines is 1. The minimum Gasteiger partial charge on any atom is -0.352 e. The van der Waals surface area contributed by atoms with Crippen LogP contribution in [-0.2, 0) is 4.79 Å². The fourth-order valence-corrected chi connectivity index (χ4v) is 3.59. The summed E-state index contributed by atoms with van der Waals surface area (Å²) >= 11 is 0. The van der Waals surface area contributed by atoms with Crippen molar-refractivity contribution in [2.24, 2.45) is 4.99 Å². The van der Waals surface area contributed by atoms with Gasteiger partial charge >= 0.3 is 0 Å². The predicted octanol–water partition coefficient (Wildman–Crippen LogP) is 0.623. The summed E-state index contributed by atoms with van der Waals surface area (Å²) < 4.78 is 0. The van der Waals surface area contributed by atoms with Gasteiger partial charge in [-0.15, -0.1) is 0 Å². The molecule has 2 N–H and O–H groups in total. The zero-order valence-corrected chi connectivity index (χ0v) is 15.5. The highest BCUT2D eigenvalue weighted by Crippen LogP contribution is 2.17. The lowest BCUT2D eigenvalue weighted by Crippen LogP contribution is -2.54. The zero-order valence-electron chi connectivity index (χ0n) is 15.5. The number of nitrogens with zero attached hydrogens (tertiary/aromatic N) is 5. The van der Waals surface area contributed by atoms with Crippen molar-refractivity contribution in [3.05, 3.63) is 18.5 Å². The van der Waals surface area contributed by atoms with Crippen molar-refractivity contribution in [2.45, 2.75) is 38.1 Å². The Balaban J connectivity index is 1.42. The molecule has 1 amide bonds. The fourth-order valence-electron chi connectivity index (χ4n) is 3.59. The first-order chi connectivity index (χ1) is 12.8. The van der Waals surface area contributed by atoms with Gasteiger partial charge in [0.05, 0.1) is 6.54 Å². The lowest BCUT2D eigenvalue weighted by atomic mass is 9.95. The topological polar surface area (TPSA) is 85.8 Å². The van der Waals surface area contributed by atoms with E-state index in [1.54, 1.807) is 19.4 Å². The van der Waals surface area contributed by atoms with Crippen molar-refractivity contribution in [1.29, 1.82) is 0 Å². The van der Waals surface area contributed by atoms with E-state index in [1.807, 2.05) is 6.07 Å². The van der Waals surface area contributed by atoms with Gasteiger partial charge in [0.25, 0.3) is 0 Å². The molecule has 1 aromatic rings. The van der Waals surface area contributed by atoms with E-state index in [0.717, 1.165) is 50.9 Å². The maximum atomic E-state index is 12.2. The summed E-state index contributed by atoms with van der Waals surface area (Å²) in [5, 5.41) is 6.33. The van der Waals surface area contributed by atoms with Gasteiger partial charge in [-0.05, 0) is 18.9 Å². The van der Waals surface area contributed by atoms with Crippen LogP contribution >= 0.6 is 0 Å². The first-order valence-corrected chi connectivity index (χ1v) is 9.53. The van der Waals surface area contributed by atoms with Crippen LogP contribution in [0.25, 0.3) is 0 Å². The van der Waals surface area contributed by atoms with Gasteiger partial charge in [0.1, 0.15) is 0 Å². The number of aromatic nitrogens is 2. The highest BCUT2D eigenvalue weighted by Gasteiger charge is 2.22. The van der Waals surface area contributed by atoms with E-state index >= 15 is 0 Å². The van der Waals surface area contributed by atoms with Gasteiger partial charge in [-0.1, -0.05) is 19.3 Å². The second-order valence-corrected chi connectivity index (χ2v) is 6.83. The fraction of sp³-hybridized carbons (Fsp3) is 0.667. The summed E-state index contributed by atoms with van der Waals surface area (Å²) in [6.07, 6.45) is 9.45. The van der Waals surface area contributed by atoms with Crippen LogP contribution in [0.15, 0.2) is 23.5 Å². The molecule has 0 unspecified atom stereocenters. The van der Waals surface area contributed by atoms with Crippen molar-refractivity contribution in [3.63, 3.8) is 0 Å². The number of amides is 1. The number of guanidine groups is 1. The Hall–Kier alpha value is -2.38. The Kier molecular flexibility index (Phi) is 6.62. The van der Waals surface area contributed by atoms with E-state index in [0.29, 0.717) is 6.04 Å². The predicted molar refractivity (Wildman–Crippen MR) is 102 cm³/mol. The Morgan fingerprint density at radius 1 is 1.15 bits per heavy atom. The molecule has 8 heteroatoms. The zero-order chi connectivity index (χ0) is 18.2. The Bertz CT molecular complexity index is 593. The Labute approximate surface area is 155 Å². The van der Waals surface area contributed by atoms with Crippen LogP contribution in [0.5, 0.6) is 0 Å². The van der Waals surface area contributed by atoms with E-state index in [4.69, 9.17) is 0 Å². The van der Waals surface area contributed by atoms with Crippen LogP contribution in [0.1, 0.15) is 32.1 Å². The molecule has 0 atom stereocenters. The molecule has 2 aliphatic rings. The van der Waals surface area contributed by atoms with Gasteiger partial charge in [-0.3, -0.25) is 9.79 Å². The van der Waals surface area contributed by atoms with Crippen LogP contribution in [0, 0.1) is 0 Å². The van der Waals surface area contributed by atoms with E-state index in [9.17, 15) is 4.79 Å². The minimum atomic E-state index is 0.0503. The maximum absolute atomic E-state index is 12.2. The van der Waals surface area contributed by atoms with E-state index in [1.165, 1.54) is 19.3 Å². The molecular formula is C18H29N7O. The molecule has 2 fully saturated rings. The summed E-state index contributed by atoms with van der Waals surface area (Å²) in [5.41, 5.74) is 0. The van der Waals surface area contributed by atoms with Gasteiger partial charge < -0.3 is 20.4 Å². The van der Waals surface area contributed by atoms with Crippen molar-refractivity contribution in [1.82, 2.24) is 25.5 Å². The smallest absolute Gasteiger partial charge is 0.239 e. The average molecular weight is 359 g/mol. The molecule has 1 aliphatic carbocycles. The largest absolute Gasteiger partial charge is 0.352 e. The van der Waals surface area contributed by atoms with Crippen molar-refractivity contribution in [2.75, 3.05) is 44.7 Å². The average Bonchev–Trinajstić information content (AvgIpc) is 2.70. The maximum Gasteiger partial charge on any atom is 0.239 e. The number of rotatable bonds is 4. The second kappa shape index (κ2) is 9.35. The SMILES string of the molecule is CN=C(NCC(=O)NC1CCCCC1)N1CCN(c2ncccn2)CC1. The Morgan fingerprint density at radius 2 is 1.85 bits per heavy atom. The van der Waals surface area contributed by atoms with Gasteiger partial charge in [0, 0.05) is 51.7 Å². The minimum absolute atomic E-state index is 0.0503. The lowest BCUT2D eigenvalue weighted by Gasteiger charge is -2.36. The molecule has 1 saturated heterocycles. The summed E-state index contributed by atoms with van der Waals surface area (Å²) in [6, 6.07) is 2.17. The normalized spacial score (nSPS) is 19.3. The molecular weight excluding hydrogens is 330 g/mol. The second-order valence-electron chi connectivity index (χ2n) is 6.83. The third-order valence-corrected chi connectivity index (χ3v) is 5.00. The quantitative estimate of drug-likeness (QED) is 0.606. The molecule has 0 aromatic carbocycles. The summed E-state index contributed by atoms with van der Waals surface area (Å²) in [4.78, 5) is 29.5. The first kappa shape index (κ1) is 18.4. The number of hydrogen-bond acceptors (Lipinski definition) is 5. The van der Waals surface area contributed by atoms with Crippen molar-refractivity contribution in [3.8, 4) is 0 Å². The van der Waals surface area contributed by atoms with Gasteiger partial charge in [0.2, 0.25) is 11.9 Å². The molecule has 0 radical (unpaired) electrons. The summed E-state index contributed by atoms with van der Waals surface area (Å²) in [6.45, 7) is 3.58. The van der Waals surface area contributed by atoms with Gasteiger partial charge in [0.15, 0.2) is 5.96 Å². The van der Waals surface area contributed by atoms with Crippen LogP contribution in [0.2, 0.25) is 0 Å². The van der Waals surface area contributed by atoms with Gasteiger partial charge in [-0.2, -0.15) is 0 Å². The third-order valence-electron chi connectivity index (χ3n) is 5.00. The van der Waals surface area contributed by atoms with E-state index < -0.39 is 0 Å². The molecule has 2 heterocycles. The number of carbonyl (C=O) groups is 1. The van der Waals surface area contributed by atoms with E-state index in [-0.39, 0.29) is 12.5 Å². The number of carbonyl (C=O) groups excluding carboxylic acids is 1. The highest BCUT2D eigenvalue weighted by atomic mass is 16.2. The molecule has 1 saturated carbocycles. The van der Waals surface area contributed by atoms with Crippen LogP contribution < -0.4 is 15.5 Å². The van der Waals surface area contributed by atoms with Crippen LogP contribution in [0.4, 0.5) is 5.95 Å². The van der Waals surface area contributed by atoms with Crippen molar-refractivity contribution >= 4 is 17.8 Å². The molecule has 0 bridgehead atoms. The Morgan fingerprint density at radius 3 is 2.50 bits per heavy atom. The molecule has 142 valence electrons. The molecule has 3 rings (SSSR count). The van der Waals surface area contributed by atoms with Gasteiger partial charge in [-0.25, -0.2) is 9.97 Å². The third kappa shape index (κ3) is 5.06. The monoisotopic (exact) mass is 359 g/mol. The molecule has 0 spiro atoms. The molecule has 8 nitrogen and oxygen atoms in total. The standard InChI is InChI=1S/C18H29N7O/c1-19-17(22-14-16(26)23-15-6-3-2-4-7-15)24-10-12-25(13-11-24)18-20-8-5-9-21-18/h5,8-9,15H,2-4,6-7,10-14H2,1H3,(H,19,22)(H,23,26). The highest BCUT2D eigenvalue weighted by molar-refractivity contribution is 5.86. The number of piperazine rings is 1. The lowest BCUT2D eigenvalue weighted by molar-refractivity contribution is -0.120. The summed E-state index contributed by atoms with van der Waals surface area (Å²) in [5.74, 6) is 1.59. The number of nitrogens with one attached hydrogen (secondary N) is 2.